The number of halogens is 1. The van der Waals surface area contributed by atoms with E-state index in [-0.39, 0.29) is 11.9 Å². The third-order valence-corrected chi connectivity index (χ3v) is 3.51. The maximum atomic E-state index is 12.2. The van der Waals surface area contributed by atoms with Gasteiger partial charge in [0.05, 0.1) is 27.7 Å². The van der Waals surface area contributed by atoms with E-state index in [4.69, 9.17) is 0 Å². The Morgan fingerprint density at radius 3 is 2.63 bits per heavy atom. The summed E-state index contributed by atoms with van der Waals surface area (Å²) in [6.07, 6.45) is 3.43. The molecule has 1 atom stereocenters. The molecule has 0 spiro atoms. The minimum Gasteiger partial charge on any atom is -0.321 e. The van der Waals surface area contributed by atoms with E-state index in [1.807, 2.05) is 20.9 Å². The number of carbonyl (C=O) groups is 1. The summed E-state index contributed by atoms with van der Waals surface area (Å²) in [7, 11) is 1.85. The van der Waals surface area contributed by atoms with Gasteiger partial charge in [0.15, 0.2) is 0 Å². The van der Waals surface area contributed by atoms with Crippen molar-refractivity contribution in [1.29, 1.82) is 0 Å². The van der Waals surface area contributed by atoms with Crippen LogP contribution >= 0.6 is 15.9 Å². The summed E-state index contributed by atoms with van der Waals surface area (Å²) in [5.41, 5.74) is 2.51. The predicted molar refractivity (Wildman–Crippen MR) is 75.9 cm³/mol. The predicted octanol–water partition coefficient (Wildman–Crippen LogP) is 2.20. The molecule has 102 valence electrons. The minimum atomic E-state index is -0.384. The van der Waals surface area contributed by atoms with Gasteiger partial charge in [-0.05, 0) is 36.7 Å². The van der Waals surface area contributed by atoms with Gasteiger partial charge < -0.3 is 5.32 Å². The molecule has 0 bridgehead atoms. The molecule has 0 fully saturated rings. The maximum Gasteiger partial charge on any atom is 0.249 e. The van der Waals surface area contributed by atoms with Gasteiger partial charge in [-0.2, -0.15) is 10.2 Å². The van der Waals surface area contributed by atoms with Gasteiger partial charge in [-0.3, -0.25) is 14.2 Å². The van der Waals surface area contributed by atoms with Crippen molar-refractivity contribution in [2.45, 2.75) is 26.8 Å². The molecule has 6 nitrogen and oxygen atoms in total. The van der Waals surface area contributed by atoms with Crippen LogP contribution in [0.1, 0.15) is 24.4 Å². The van der Waals surface area contributed by atoms with Gasteiger partial charge in [-0.25, -0.2) is 0 Å². The molecule has 7 heteroatoms. The average molecular weight is 326 g/mol. The van der Waals surface area contributed by atoms with Crippen molar-refractivity contribution in [3.05, 3.63) is 28.3 Å². The molecule has 1 amide bonds. The Morgan fingerprint density at radius 1 is 1.47 bits per heavy atom. The van der Waals surface area contributed by atoms with Crippen LogP contribution in [0.15, 0.2) is 16.9 Å². The van der Waals surface area contributed by atoms with Gasteiger partial charge >= 0.3 is 0 Å². The van der Waals surface area contributed by atoms with Gasteiger partial charge in [0.25, 0.3) is 0 Å². The molecule has 2 rings (SSSR count). The fourth-order valence-corrected chi connectivity index (χ4v) is 2.13. The van der Waals surface area contributed by atoms with E-state index in [0.717, 1.165) is 21.5 Å². The summed E-state index contributed by atoms with van der Waals surface area (Å²) in [6, 6.07) is -0.384. The Kier molecular flexibility index (Phi) is 3.75. The van der Waals surface area contributed by atoms with Crippen LogP contribution in [0.4, 0.5) is 5.69 Å². The number of carbonyl (C=O) groups excluding carboxylic acids is 1. The van der Waals surface area contributed by atoms with Crippen LogP contribution in [0.2, 0.25) is 0 Å². The average Bonchev–Trinajstić information content (AvgIpc) is 2.88. The number of aromatic nitrogens is 4. The second kappa shape index (κ2) is 5.16. The second-order valence-electron chi connectivity index (χ2n) is 4.47. The number of aryl methyl sites for hydroxylation is 2. The Morgan fingerprint density at radius 2 is 2.16 bits per heavy atom. The van der Waals surface area contributed by atoms with E-state index in [9.17, 15) is 4.79 Å². The topological polar surface area (TPSA) is 64.7 Å². The van der Waals surface area contributed by atoms with E-state index in [1.54, 1.807) is 28.7 Å². The fraction of sp³-hybridized carbons (Fsp3) is 0.417. The van der Waals surface area contributed by atoms with Crippen LogP contribution in [0.3, 0.4) is 0 Å². The lowest BCUT2D eigenvalue weighted by molar-refractivity contribution is -0.119. The maximum absolute atomic E-state index is 12.2. The fourth-order valence-electron chi connectivity index (χ4n) is 1.83. The standard InChI is InChI=1S/C12H16BrN5O/c1-7-11(8(2)17(4)16-7)15-12(19)9(3)18-6-10(13)5-14-18/h5-6,9H,1-4H3,(H,15,19). The van der Waals surface area contributed by atoms with Crippen molar-refractivity contribution in [2.24, 2.45) is 7.05 Å². The largest absolute Gasteiger partial charge is 0.321 e. The van der Waals surface area contributed by atoms with Crippen LogP contribution < -0.4 is 5.32 Å². The highest BCUT2D eigenvalue weighted by atomic mass is 79.9. The molecule has 0 aliphatic heterocycles. The summed E-state index contributed by atoms with van der Waals surface area (Å²) in [5.74, 6) is -0.116. The highest BCUT2D eigenvalue weighted by Crippen LogP contribution is 2.20. The van der Waals surface area contributed by atoms with Crippen LogP contribution in [0.5, 0.6) is 0 Å². The number of rotatable bonds is 3. The van der Waals surface area contributed by atoms with Crippen LogP contribution in [-0.4, -0.2) is 25.5 Å². The Balaban J connectivity index is 2.17. The summed E-state index contributed by atoms with van der Waals surface area (Å²) in [6.45, 7) is 5.60. The third kappa shape index (κ3) is 2.70. The SMILES string of the molecule is Cc1nn(C)c(C)c1NC(=O)C(C)n1cc(Br)cn1. The Bertz CT molecular complexity index is 616. The van der Waals surface area contributed by atoms with Crippen molar-refractivity contribution >= 4 is 27.5 Å². The van der Waals surface area contributed by atoms with E-state index in [1.165, 1.54) is 0 Å². The summed E-state index contributed by atoms with van der Waals surface area (Å²) < 4.78 is 4.21. The third-order valence-electron chi connectivity index (χ3n) is 3.10. The number of nitrogens with one attached hydrogen (secondary N) is 1. The molecule has 19 heavy (non-hydrogen) atoms. The first-order valence-electron chi connectivity index (χ1n) is 5.91. The Hall–Kier alpha value is -1.63. The molecule has 0 aliphatic rings. The number of hydrogen-bond acceptors (Lipinski definition) is 3. The summed E-state index contributed by atoms with van der Waals surface area (Å²) in [5, 5.41) is 11.3. The number of hydrogen-bond donors (Lipinski definition) is 1. The van der Waals surface area contributed by atoms with Crippen LogP contribution in [0.25, 0.3) is 0 Å². The van der Waals surface area contributed by atoms with Gasteiger partial charge in [0, 0.05) is 13.2 Å². The van der Waals surface area contributed by atoms with E-state index in [2.05, 4.69) is 31.4 Å². The molecular weight excluding hydrogens is 310 g/mol. The molecule has 2 heterocycles. The molecule has 2 aromatic heterocycles. The quantitative estimate of drug-likeness (QED) is 0.940. The van der Waals surface area contributed by atoms with Gasteiger partial charge in [0.1, 0.15) is 6.04 Å². The lowest BCUT2D eigenvalue weighted by Gasteiger charge is -2.12. The molecule has 2 aromatic rings. The van der Waals surface area contributed by atoms with E-state index in [0.29, 0.717) is 0 Å². The number of anilines is 1. The number of nitrogens with zero attached hydrogens (tertiary/aromatic N) is 4. The van der Waals surface area contributed by atoms with Crippen molar-refractivity contribution in [1.82, 2.24) is 19.6 Å². The zero-order valence-corrected chi connectivity index (χ0v) is 12.9. The molecule has 0 radical (unpaired) electrons. The molecule has 0 aromatic carbocycles. The molecule has 0 saturated carbocycles. The molecule has 1 N–H and O–H groups in total. The van der Waals surface area contributed by atoms with Crippen LogP contribution in [-0.2, 0) is 11.8 Å². The first-order valence-corrected chi connectivity index (χ1v) is 6.70. The number of amides is 1. The zero-order chi connectivity index (χ0) is 14.2. The first kappa shape index (κ1) is 13.8. The van der Waals surface area contributed by atoms with E-state index >= 15 is 0 Å². The highest BCUT2D eigenvalue weighted by Gasteiger charge is 2.19. The van der Waals surface area contributed by atoms with Gasteiger partial charge in [-0.15, -0.1) is 0 Å². The smallest absolute Gasteiger partial charge is 0.249 e. The van der Waals surface area contributed by atoms with Gasteiger partial charge in [-0.1, -0.05) is 0 Å². The molecular formula is C12H16BrN5O. The summed E-state index contributed by atoms with van der Waals surface area (Å²) in [4.78, 5) is 12.2. The molecule has 0 aliphatic carbocycles. The van der Waals surface area contributed by atoms with E-state index < -0.39 is 0 Å². The molecule has 0 saturated heterocycles. The minimum absolute atomic E-state index is 0.116. The monoisotopic (exact) mass is 325 g/mol. The highest BCUT2D eigenvalue weighted by molar-refractivity contribution is 9.10. The molecule has 1 unspecified atom stereocenters. The normalized spacial score (nSPS) is 12.5. The van der Waals surface area contributed by atoms with Crippen molar-refractivity contribution < 1.29 is 4.79 Å². The van der Waals surface area contributed by atoms with Crippen molar-refractivity contribution in [3.63, 3.8) is 0 Å². The summed E-state index contributed by atoms with van der Waals surface area (Å²) >= 11 is 3.31. The Labute approximate surface area is 119 Å². The first-order chi connectivity index (χ1) is 8.90. The van der Waals surface area contributed by atoms with Crippen LogP contribution in [0, 0.1) is 13.8 Å². The van der Waals surface area contributed by atoms with Crippen molar-refractivity contribution in [3.8, 4) is 0 Å². The lowest BCUT2D eigenvalue weighted by Crippen LogP contribution is -2.24. The van der Waals surface area contributed by atoms with Crippen molar-refractivity contribution in [2.75, 3.05) is 5.32 Å². The second-order valence-corrected chi connectivity index (χ2v) is 5.39. The lowest BCUT2D eigenvalue weighted by atomic mass is 10.2. The zero-order valence-electron chi connectivity index (χ0n) is 11.3. The van der Waals surface area contributed by atoms with Gasteiger partial charge in [0.2, 0.25) is 5.91 Å².